The number of hydrogen-bond donors (Lipinski definition) is 1. The fourth-order valence-electron chi connectivity index (χ4n) is 6.77. The largest absolute Gasteiger partial charge is 1.00 e. The van der Waals surface area contributed by atoms with E-state index in [9.17, 15) is 64.2 Å². The van der Waals surface area contributed by atoms with E-state index in [1.807, 2.05) is 0 Å². The second-order valence-electron chi connectivity index (χ2n) is 13.7. The number of aryl methyl sites for hydroxylation is 1. The maximum Gasteiger partial charge on any atom is 1.00 e. The van der Waals surface area contributed by atoms with Gasteiger partial charge in [0.25, 0.3) is 0 Å². The molecule has 0 radical (unpaired) electrons. The molecule has 1 aliphatic rings. The Morgan fingerprint density at radius 1 is 0.591 bits per heavy atom. The maximum atomic E-state index is 13.0. The van der Waals surface area contributed by atoms with Crippen LogP contribution in [-0.4, -0.2) is 129 Å². The van der Waals surface area contributed by atoms with Crippen molar-refractivity contribution < 1.29 is 382 Å². The van der Waals surface area contributed by atoms with Gasteiger partial charge in [0, 0.05) is 61.8 Å². The van der Waals surface area contributed by atoms with Crippen LogP contribution < -0.4 is 358 Å². The van der Waals surface area contributed by atoms with Gasteiger partial charge in [-0.1, -0.05) is 24.3 Å². The summed E-state index contributed by atoms with van der Waals surface area (Å²) in [6.45, 7) is -2.91. The molecular weight excluding hydrogens is 1030 g/mol. The van der Waals surface area contributed by atoms with Crippen molar-refractivity contribution >= 4 is 64.0 Å². The Morgan fingerprint density at radius 2 is 1.09 bits per heavy atom. The SMILES string of the molecule is O=C([O-])CN1CCN(C(=O)CCc2ccc(N(CC(=O)[O-])CC(=O)[O-])c(OCCOc3cc(-c4c[nH]c5cc(C(=O)[O-])ccc45)ccc3N(CC(=O)[O-])CC(=O)[O-])c2)CC1.[K+].[K+].[K+].[K+].[K+].[K+]. The van der Waals surface area contributed by atoms with E-state index in [4.69, 9.17) is 9.47 Å². The number of fused-ring (bicyclic) bond motifs is 1. The van der Waals surface area contributed by atoms with Crippen LogP contribution in [0.1, 0.15) is 22.3 Å². The smallest absolute Gasteiger partial charge is 0.549 e. The summed E-state index contributed by atoms with van der Waals surface area (Å²) in [5, 5.41) is 69.3. The fourth-order valence-corrected chi connectivity index (χ4v) is 6.77. The van der Waals surface area contributed by atoms with Crippen LogP contribution in [0.5, 0.6) is 11.5 Å². The number of aromatic amines is 1. The van der Waals surface area contributed by atoms with Crippen molar-refractivity contribution in [1.29, 1.82) is 0 Å². The molecule has 1 aromatic heterocycles. The number of carbonyl (C=O) groups is 7. The van der Waals surface area contributed by atoms with Crippen LogP contribution >= 0.6 is 0 Å². The van der Waals surface area contributed by atoms with E-state index in [2.05, 4.69) is 4.98 Å². The molecule has 2 heterocycles. The number of aromatic nitrogens is 1. The topological polar surface area (TPSA) is 305 Å². The summed E-state index contributed by atoms with van der Waals surface area (Å²) >= 11 is 0. The van der Waals surface area contributed by atoms with Crippen LogP contribution in [0.15, 0.2) is 60.8 Å². The number of hydrogen-bond acceptors (Lipinski definition) is 18. The van der Waals surface area contributed by atoms with Crippen molar-refractivity contribution in [1.82, 2.24) is 14.8 Å². The zero-order valence-corrected chi connectivity index (χ0v) is 56.6. The molecule has 1 fully saturated rings. The van der Waals surface area contributed by atoms with Gasteiger partial charge in [-0.25, -0.2) is 0 Å². The van der Waals surface area contributed by atoms with E-state index in [0.29, 0.717) is 53.8 Å². The Morgan fingerprint density at radius 3 is 1.58 bits per heavy atom. The van der Waals surface area contributed by atoms with Gasteiger partial charge in [0.05, 0.1) is 73.4 Å². The predicted molar refractivity (Wildman–Crippen MR) is 196 cm³/mol. The molecule has 66 heavy (non-hydrogen) atoms. The second-order valence-corrected chi connectivity index (χ2v) is 13.7. The summed E-state index contributed by atoms with van der Waals surface area (Å²) < 4.78 is 12.0. The van der Waals surface area contributed by atoms with Crippen LogP contribution in [0.3, 0.4) is 0 Å². The van der Waals surface area contributed by atoms with Gasteiger partial charge in [0.2, 0.25) is 5.91 Å². The Bertz CT molecular complexity index is 2260. The van der Waals surface area contributed by atoms with E-state index in [0.717, 1.165) is 9.80 Å². The molecule has 3 aromatic carbocycles. The summed E-state index contributed by atoms with van der Waals surface area (Å²) in [5.41, 5.74) is 2.07. The molecule has 20 nitrogen and oxygen atoms in total. The molecule has 0 unspecified atom stereocenters. The number of carbonyl (C=O) groups excluding carboxylic acids is 7. The van der Waals surface area contributed by atoms with Crippen LogP contribution in [-0.2, 0) is 35.2 Å². The molecule has 26 heteroatoms. The van der Waals surface area contributed by atoms with E-state index >= 15 is 0 Å². The second kappa shape index (κ2) is 35.6. The first-order valence-corrected chi connectivity index (χ1v) is 18.4. The van der Waals surface area contributed by atoms with Gasteiger partial charge < -0.3 is 88.6 Å². The van der Waals surface area contributed by atoms with Crippen LogP contribution in [0, 0.1) is 0 Å². The first kappa shape index (κ1) is 70.5. The molecule has 1 amide bonds. The summed E-state index contributed by atoms with van der Waals surface area (Å²) in [4.78, 5) is 89.9. The van der Waals surface area contributed by atoms with E-state index in [1.54, 1.807) is 34.2 Å². The Hall–Kier alpha value is 2.47. The first-order chi connectivity index (χ1) is 28.6. The normalized spacial score (nSPS) is 11.6. The van der Waals surface area contributed by atoms with Gasteiger partial charge in [-0.2, -0.15) is 0 Å². The van der Waals surface area contributed by atoms with Gasteiger partial charge in [0.1, 0.15) is 24.7 Å². The summed E-state index contributed by atoms with van der Waals surface area (Å²) in [5.74, 6) is -9.19. The minimum absolute atomic E-state index is 0. The molecule has 1 N–H and O–H groups in total. The van der Waals surface area contributed by atoms with Gasteiger partial charge >= 0.3 is 308 Å². The third-order valence-electron chi connectivity index (χ3n) is 9.48. The first-order valence-electron chi connectivity index (χ1n) is 18.4. The van der Waals surface area contributed by atoms with E-state index in [1.165, 1.54) is 36.4 Å². The van der Waals surface area contributed by atoms with Crippen LogP contribution in [0.25, 0.3) is 22.0 Å². The maximum absolute atomic E-state index is 13.0. The van der Waals surface area contributed by atoms with Crippen molar-refractivity contribution in [2.45, 2.75) is 12.8 Å². The number of aromatic carboxylic acids is 1. The minimum atomic E-state index is -1.60. The number of piperazine rings is 1. The third kappa shape index (κ3) is 22.5. The number of H-pyrrole nitrogens is 1. The molecule has 4 aromatic rings. The zero-order valence-electron chi connectivity index (χ0n) is 37.9. The molecule has 0 saturated carbocycles. The minimum Gasteiger partial charge on any atom is -0.549 e. The van der Waals surface area contributed by atoms with Gasteiger partial charge in [0.15, 0.2) is 0 Å². The predicted octanol–water partition coefficient (Wildman–Crippen LogP) is -23.9. The molecule has 0 bridgehead atoms. The quantitative estimate of drug-likeness (QED) is 0.0564. The molecule has 1 saturated heterocycles. The Kier molecular flexibility index (Phi) is 38.1. The summed E-state index contributed by atoms with van der Waals surface area (Å²) in [6, 6.07) is 13.2. The van der Waals surface area contributed by atoms with Gasteiger partial charge in [-0.3, -0.25) is 9.69 Å². The number of carboxylic acids is 6. The number of ether oxygens (including phenoxy) is 2. The average molecular weight is 1060 g/mol. The Labute approximate surface area is 634 Å². The fraction of sp³-hybridized carbons (Fsp3) is 0.325. The molecule has 0 aliphatic carbocycles. The summed E-state index contributed by atoms with van der Waals surface area (Å²) in [6.07, 6.45) is 1.84. The van der Waals surface area contributed by atoms with Gasteiger partial charge in [-0.15, -0.1) is 0 Å². The van der Waals surface area contributed by atoms with E-state index < -0.39 is 62.0 Å². The molecule has 1 aliphatic heterocycles. The van der Waals surface area contributed by atoms with Crippen molar-refractivity contribution in [2.75, 3.05) is 81.9 Å². The number of carboxylic acid groups (broad SMARTS) is 6. The molecular formula is C40H37K6N5O15. The number of rotatable bonds is 22. The molecule has 0 atom stereocenters. The van der Waals surface area contributed by atoms with Crippen LogP contribution in [0.2, 0.25) is 0 Å². The van der Waals surface area contributed by atoms with Crippen LogP contribution in [0.4, 0.5) is 11.4 Å². The average Bonchev–Trinajstić information content (AvgIpc) is 3.61. The van der Waals surface area contributed by atoms with Crippen molar-refractivity contribution in [2.24, 2.45) is 0 Å². The third-order valence-corrected chi connectivity index (χ3v) is 9.48. The number of nitrogens with one attached hydrogen (secondary N) is 1. The number of anilines is 2. The van der Waals surface area contributed by atoms with E-state index in [-0.39, 0.29) is 375 Å². The van der Waals surface area contributed by atoms with Crippen molar-refractivity contribution in [3.05, 3.63) is 71.9 Å². The Balaban J connectivity index is 0. The van der Waals surface area contributed by atoms with Gasteiger partial charge in [-0.05, 0) is 53.4 Å². The molecule has 318 valence electrons. The zero-order chi connectivity index (χ0) is 43.5. The van der Waals surface area contributed by atoms with Crippen molar-refractivity contribution in [3.63, 3.8) is 0 Å². The molecule has 5 rings (SSSR count). The number of nitrogens with zero attached hydrogens (tertiary/aromatic N) is 4. The molecule has 0 spiro atoms. The standard InChI is InChI=1S/C40H43N5O15.6K/c46-34(43-11-9-42(10-12-43)19-35(47)48)8-2-24-1-6-30(44(20-36(49)50)21-37(51)52)32(15-24)59-13-14-60-33-17-25(4-7-31(33)45(22-38(53)54)23-39(55)56)28-18-41-29-16-26(40(57)58)3-5-27(28)29;;;;;;/h1,3-7,15-18,41H,2,8-14,19-23H2,(H,47,48)(H,49,50)(H,51,52)(H,53,54)(H,55,56)(H,57,58);;;;;;/q;6*+1/p-6. The summed E-state index contributed by atoms with van der Waals surface area (Å²) in [7, 11) is 0. The number of benzene rings is 3. The monoisotopic (exact) mass is 1060 g/mol. The van der Waals surface area contributed by atoms with Crippen molar-refractivity contribution in [3.8, 4) is 22.6 Å². The number of aliphatic carboxylic acids is 5. The number of amides is 1.